The first-order valence-electron chi connectivity index (χ1n) is 6.68. The fraction of sp³-hybridized carbons (Fsp3) is 0.188. The minimum Gasteiger partial charge on any atom is -0.467 e. The second-order valence-corrected chi connectivity index (χ2v) is 5.81. The summed E-state index contributed by atoms with van der Waals surface area (Å²) < 4.78 is 8.66. The number of rotatable bonds is 4. The number of halogens is 1. The van der Waals surface area contributed by atoms with Gasteiger partial charge in [0.1, 0.15) is 17.6 Å². The van der Waals surface area contributed by atoms with Crippen LogP contribution < -0.4 is 5.32 Å². The second-order valence-electron chi connectivity index (χ2n) is 4.95. The average Bonchev–Trinajstić information content (AvgIpc) is 3.12. The van der Waals surface area contributed by atoms with E-state index in [0.717, 1.165) is 21.7 Å². The van der Waals surface area contributed by atoms with Crippen LogP contribution in [0.3, 0.4) is 0 Å². The minimum absolute atomic E-state index is 0.124. The van der Waals surface area contributed by atoms with E-state index in [0.29, 0.717) is 0 Å². The lowest BCUT2D eigenvalue weighted by Crippen LogP contribution is -2.16. The van der Waals surface area contributed by atoms with E-state index >= 15 is 0 Å². The third-order valence-corrected chi connectivity index (χ3v) is 4.30. The standard InChI is InChI=1S/C16H16BrN3O/c1-11-10-12(5-6-13(11)17)19-15(14-4-3-9-21-14)16-18-7-8-20(16)2/h3-10,15,19H,1-2H3. The van der Waals surface area contributed by atoms with Crippen LogP contribution in [-0.2, 0) is 7.05 Å². The second kappa shape index (κ2) is 5.77. The number of nitrogens with zero attached hydrogens (tertiary/aromatic N) is 2. The van der Waals surface area contributed by atoms with E-state index in [1.807, 2.05) is 42.1 Å². The Balaban J connectivity index is 1.97. The van der Waals surface area contributed by atoms with Crippen LogP contribution in [0.25, 0.3) is 0 Å². The predicted molar refractivity (Wildman–Crippen MR) is 86.3 cm³/mol. The third kappa shape index (κ3) is 2.88. The highest BCUT2D eigenvalue weighted by molar-refractivity contribution is 9.10. The monoisotopic (exact) mass is 345 g/mol. The highest BCUT2D eigenvalue weighted by Gasteiger charge is 2.21. The van der Waals surface area contributed by atoms with Gasteiger partial charge in [-0.1, -0.05) is 15.9 Å². The Morgan fingerprint density at radius 2 is 2.19 bits per heavy atom. The molecule has 0 spiro atoms. The van der Waals surface area contributed by atoms with Gasteiger partial charge in [0.05, 0.1) is 6.26 Å². The molecule has 0 bridgehead atoms. The summed E-state index contributed by atoms with van der Waals surface area (Å²) in [5.41, 5.74) is 2.21. The molecule has 108 valence electrons. The van der Waals surface area contributed by atoms with Crippen molar-refractivity contribution in [2.75, 3.05) is 5.32 Å². The van der Waals surface area contributed by atoms with Gasteiger partial charge >= 0.3 is 0 Å². The van der Waals surface area contributed by atoms with Crippen LogP contribution >= 0.6 is 15.9 Å². The number of aryl methyl sites for hydroxylation is 2. The van der Waals surface area contributed by atoms with Gasteiger partial charge in [-0.3, -0.25) is 0 Å². The SMILES string of the molecule is Cc1cc(NC(c2ccco2)c2nccn2C)ccc1Br. The van der Waals surface area contributed by atoms with Crippen LogP contribution in [0.4, 0.5) is 5.69 Å². The Kier molecular flexibility index (Phi) is 3.84. The summed E-state index contributed by atoms with van der Waals surface area (Å²) in [5, 5.41) is 3.49. The molecule has 5 heteroatoms. The van der Waals surface area contributed by atoms with Crippen molar-refractivity contribution in [3.8, 4) is 0 Å². The molecule has 0 aliphatic rings. The number of anilines is 1. The maximum absolute atomic E-state index is 5.58. The van der Waals surface area contributed by atoms with Crippen LogP contribution in [0.1, 0.15) is 23.2 Å². The van der Waals surface area contributed by atoms with E-state index < -0.39 is 0 Å². The van der Waals surface area contributed by atoms with E-state index in [-0.39, 0.29) is 6.04 Å². The lowest BCUT2D eigenvalue weighted by Gasteiger charge is -2.18. The molecule has 0 saturated heterocycles. The Bertz CT molecular complexity index is 734. The van der Waals surface area contributed by atoms with Crippen LogP contribution in [-0.4, -0.2) is 9.55 Å². The third-order valence-electron chi connectivity index (χ3n) is 3.41. The molecule has 0 saturated carbocycles. The largest absolute Gasteiger partial charge is 0.467 e. The van der Waals surface area contributed by atoms with E-state index in [9.17, 15) is 0 Å². The normalized spacial score (nSPS) is 12.3. The van der Waals surface area contributed by atoms with Crippen molar-refractivity contribution in [2.24, 2.45) is 7.05 Å². The summed E-state index contributed by atoms with van der Waals surface area (Å²) >= 11 is 3.52. The van der Waals surface area contributed by atoms with Gasteiger partial charge in [0.25, 0.3) is 0 Å². The number of hydrogen-bond donors (Lipinski definition) is 1. The van der Waals surface area contributed by atoms with E-state index in [4.69, 9.17) is 4.42 Å². The maximum Gasteiger partial charge on any atom is 0.143 e. The van der Waals surface area contributed by atoms with Gasteiger partial charge in [0.15, 0.2) is 0 Å². The minimum atomic E-state index is -0.124. The van der Waals surface area contributed by atoms with Crippen molar-refractivity contribution in [3.63, 3.8) is 0 Å². The summed E-state index contributed by atoms with van der Waals surface area (Å²) in [7, 11) is 1.98. The Morgan fingerprint density at radius 3 is 2.81 bits per heavy atom. The quantitative estimate of drug-likeness (QED) is 0.767. The summed E-state index contributed by atoms with van der Waals surface area (Å²) in [6, 6.07) is 9.90. The van der Waals surface area contributed by atoms with Crippen molar-refractivity contribution >= 4 is 21.6 Å². The fourth-order valence-corrected chi connectivity index (χ4v) is 2.52. The maximum atomic E-state index is 5.58. The molecule has 1 aromatic carbocycles. The molecule has 1 unspecified atom stereocenters. The van der Waals surface area contributed by atoms with Crippen molar-refractivity contribution in [3.05, 3.63) is 70.6 Å². The van der Waals surface area contributed by atoms with Crippen LogP contribution in [0.5, 0.6) is 0 Å². The molecule has 2 heterocycles. The number of nitrogens with one attached hydrogen (secondary N) is 1. The topological polar surface area (TPSA) is 43.0 Å². The van der Waals surface area contributed by atoms with Crippen molar-refractivity contribution in [2.45, 2.75) is 13.0 Å². The molecule has 1 atom stereocenters. The van der Waals surface area contributed by atoms with Crippen molar-refractivity contribution in [1.29, 1.82) is 0 Å². The lowest BCUT2D eigenvalue weighted by molar-refractivity contribution is 0.488. The zero-order chi connectivity index (χ0) is 14.8. The first-order chi connectivity index (χ1) is 10.1. The van der Waals surface area contributed by atoms with Crippen LogP contribution in [0.15, 0.2) is 57.9 Å². The van der Waals surface area contributed by atoms with Gasteiger partial charge < -0.3 is 14.3 Å². The molecular formula is C16H16BrN3O. The fourth-order valence-electron chi connectivity index (χ4n) is 2.27. The Labute approximate surface area is 131 Å². The predicted octanol–water partition coefficient (Wildman–Crippen LogP) is 4.29. The summed E-state index contributed by atoms with van der Waals surface area (Å²) in [5.74, 6) is 1.75. The van der Waals surface area contributed by atoms with Gasteiger partial charge in [0.2, 0.25) is 0 Å². The molecule has 1 N–H and O–H groups in total. The van der Waals surface area contributed by atoms with E-state index in [1.165, 1.54) is 5.56 Å². The molecule has 0 fully saturated rings. The van der Waals surface area contributed by atoms with Gasteiger partial charge in [-0.2, -0.15) is 0 Å². The molecule has 0 radical (unpaired) electrons. The van der Waals surface area contributed by atoms with Gasteiger partial charge in [-0.15, -0.1) is 0 Å². The molecule has 3 aromatic rings. The number of benzene rings is 1. The molecule has 21 heavy (non-hydrogen) atoms. The lowest BCUT2D eigenvalue weighted by atomic mass is 10.1. The Morgan fingerprint density at radius 1 is 1.33 bits per heavy atom. The van der Waals surface area contributed by atoms with Crippen LogP contribution in [0, 0.1) is 6.92 Å². The highest BCUT2D eigenvalue weighted by atomic mass is 79.9. The molecule has 4 nitrogen and oxygen atoms in total. The molecular weight excluding hydrogens is 330 g/mol. The van der Waals surface area contributed by atoms with E-state index in [2.05, 4.69) is 39.2 Å². The molecule has 2 aromatic heterocycles. The van der Waals surface area contributed by atoms with Crippen molar-refractivity contribution < 1.29 is 4.42 Å². The summed E-state index contributed by atoms with van der Waals surface area (Å²) in [4.78, 5) is 4.44. The van der Waals surface area contributed by atoms with Gasteiger partial charge in [0, 0.05) is 29.6 Å². The summed E-state index contributed by atoms with van der Waals surface area (Å²) in [6.45, 7) is 2.07. The number of hydrogen-bond acceptors (Lipinski definition) is 3. The average molecular weight is 346 g/mol. The molecule has 3 rings (SSSR count). The number of imidazole rings is 1. The first-order valence-corrected chi connectivity index (χ1v) is 7.48. The first kappa shape index (κ1) is 13.9. The Hall–Kier alpha value is -2.01. The highest BCUT2D eigenvalue weighted by Crippen LogP contribution is 2.28. The van der Waals surface area contributed by atoms with Gasteiger partial charge in [-0.25, -0.2) is 4.98 Å². The van der Waals surface area contributed by atoms with Crippen LogP contribution in [0.2, 0.25) is 0 Å². The molecule has 0 amide bonds. The van der Waals surface area contributed by atoms with Crippen molar-refractivity contribution in [1.82, 2.24) is 9.55 Å². The smallest absolute Gasteiger partial charge is 0.143 e. The number of aromatic nitrogens is 2. The zero-order valence-corrected chi connectivity index (χ0v) is 13.5. The number of furan rings is 1. The summed E-state index contributed by atoms with van der Waals surface area (Å²) in [6.07, 6.45) is 5.40. The molecule has 0 aliphatic carbocycles. The molecule has 0 aliphatic heterocycles. The van der Waals surface area contributed by atoms with Gasteiger partial charge in [-0.05, 0) is 42.8 Å². The zero-order valence-electron chi connectivity index (χ0n) is 11.9. The van der Waals surface area contributed by atoms with E-state index in [1.54, 1.807) is 12.5 Å².